The first-order valence-corrected chi connectivity index (χ1v) is 24.9. The summed E-state index contributed by atoms with van der Waals surface area (Å²) in [7, 11) is 0. The van der Waals surface area contributed by atoms with Gasteiger partial charge < -0.3 is 14.2 Å². The first-order chi connectivity index (χ1) is 36.2. The fraction of sp³-hybridized carbons (Fsp3) is 0. The number of hydrogen-bond acceptors (Lipinski definition) is 3. The van der Waals surface area contributed by atoms with E-state index in [1.54, 1.807) is 0 Å². The van der Waals surface area contributed by atoms with Crippen LogP contribution in [0.1, 0.15) is 0 Å². The summed E-state index contributed by atoms with van der Waals surface area (Å²) in [4.78, 5) is 4.79. The van der Waals surface area contributed by atoms with Crippen LogP contribution in [0.15, 0.2) is 296 Å². The van der Waals surface area contributed by atoms with Crippen LogP contribution in [0.25, 0.3) is 88.3 Å². The number of hydrogen-bond donors (Lipinski definition) is 0. The molecule has 13 rings (SSSR count). The van der Waals surface area contributed by atoms with Gasteiger partial charge in [0.05, 0.1) is 16.8 Å². The summed E-state index contributed by atoms with van der Waals surface area (Å²) in [5, 5.41) is 4.61. The molecule has 0 unspecified atom stereocenters. The lowest BCUT2D eigenvalue weighted by Gasteiger charge is -2.29. The predicted octanol–water partition coefficient (Wildman–Crippen LogP) is 20.0. The Kier molecular flexibility index (Phi) is 11.2. The van der Waals surface area contributed by atoms with Crippen LogP contribution in [-0.4, -0.2) is 0 Å². The van der Waals surface area contributed by atoms with Crippen LogP contribution < -0.4 is 9.80 Å². The highest BCUT2D eigenvalue weighted by molar-refractivity contribution is 6.14. The molecule has 3 heteroatoms. The van der Waals surface area contributed by atoms with Crippen molar-refractivity contribution in [2.75, 3.05) is 9.80 Å². The molecule has 73 heavy (non-hydrogen) atoms. The minimum Gasteiger partial charge on any atom is -0.456 e. The molecule has 0 saturated heterocycles. The number of anilines is 6. The summed E-state index contributed by atoms with van der Waals surface area (Å²) >= 11 is 0. The smallest absolute Gasteiger partial charge is 0.137 e. The number of benzene rings is 12. The third-order valence-corrected chi connectivity index (χ3v) is 14.0. The molecule has 0 radical (unpaired) electrons. The van der Waals surface area contributed by atoms with Crippen molar-refractivity contribution in [1.82, 2.24) is 0 Å². The minimum absolute atomic E-state index is 0.850. The summed E-state index contributed by atoms with van der Waals surface area (Å²) < 4.78 is 6.50. The zero-order valence-electron chi connectivity index (χ0n) is 40.0. The molecule has 0 N–H and O–H groups in total. The molecule has 1 aromatic heterocycles. The number of nitrogens with zero attached hydrogens (tertiary/aromatic N) is 2. The maximum atomic E-state index is 6.50. The normalized spacial score (nSPS) is 11.3. The quantitative estimate of drug-likeness (QED) is 0.129. The van der Waals surface area contributed by atoms with Gasteiger partial charge in [0.1, 0.15) is 11.2 Å². The highest BCUT2D eigenvalue weighted by Gasteiger charge is 2.23. The average Bonchev–Trinajstić information content (AvgIpc) is 3.86. The van der Waals surface area contributed by atoms with Crippen LogP contribution in [0.4, 0.5) is 34.1 Å². The van der Waals surface area contributed by atoms with Gasteiger partial charge in [-0.15, -0.1) is 0 Å². The highest BCUT2D eigenvalue weighted by atomic mass is 16.3. The molecular formula is C70H48N2O. The number of para-hydroxylation sites is 2. The maximum Gasteiger partial charge on any atom is 0.137 e. The summed E-state index contributed by atoms with van der Waals surface area (Å²) in [6.07, 6.45) is 0. The van der Waals surface area contributed by atoms with Crippen LogP contribution in [0.5, 0.6) is 0 Å². The molecule has 1 heterocycles. The minimum atomic E-state index is 0.850. The van der Waals surface area contributed by atoms with Crippen molar-refractivity contribution >= 4 is 66.8 Å². The van der Waals surface area contributed by atoms with Crippen molar-refractivity contribution in [2.45, 2.75) is 0 Å². The summed E-state index contributed by atoms with van der Waals surface area (Å²) in [5.41, 5.74) is 19.7. The van der Waals surface area contributed by atoms with Gasteiger partial charge >= 0.3 is 0 Å². The van der Waals surface area contributed by atoms with E-state index in [-0.39, 0.29) is 0 Å². The van der Waals surface area contributed by atoms with Crippen LogP contribution in [0.3, 0.4) is 0 Å². The van der Waals surface area contributed by atoms with Gasteiger partial charge in [-0.1, -0.05) is 212 Å². The molecular weight excluding hydrogens is 885 g/mol. The van der Waals surface area contributed by atoms with E-state index in [1.165, 1.54) is 33.0 Å². The van der Waals surface area contributed by atoms with Gasteiger partial charge in [-0.05, 0) is 140 Å². The van der Waals surface area contributed by atoms with Crippen molar-refractivity contribution in [3.05, 3.63) is 291 Å². The first-order valence-electron chi connectivity index (χ1n) is 24.9. The Bertz CT molecular complexity index is 4080. The van der Waals surface area contributed by atoms with E-state index in [2.05, 4.69) is 295 Å². The van der Waals surface area contributed by atoms with Gasteiger partial charge in [0, 0.05) is 33.7 Å². The molecule has 344 valence electrons. The molecule has 0 atom stereocenters. The molecule has 13 aromatic rings. The maximum absolute atomic E-state index is 6.50. The number of rotatable bonds is 11. The molecule has 0 saturated carbocycles. The topological polar surface area (TPSA) is 19.6 Å². The Balaban J connectivity index is 0.928. The lowest BCUT2D eigenvalue weighted by atomic mass is 9.98. The lowest BCUT2D eigenvalue weighted by molar-refractivity contribution is 0.669. The summed E-state index contributed by atoms with van der Waals surface area (Å²) in [6, 6.07) is 105. The van der Waals surface area contributed by atoms with E-state index >= 15 is 0 Å². The van der Waals surface area contributed by atoms with Crippen molar-refractivity contribution in [3.8, 4) is 55.6 Å². The van der Waals surface area contributed by atoms with Gasteiger partial charge in [0.2, 0.25) is 0 Å². The summed E-state index contributed by atoms with van der Waals surface area (Å²) in [5.74, 6) is 0. The molecule has 12 aromatic carbocycles. The van der Waals surface area contributed by atoms with Crippen molar-refractivity contribution in [3.63, 3.8) is 0 Å². The summed E-state index contributed by atoms with van der Waals surface area (Å²) in [6.45, 7) is 0. The zero-order valence-corrected chi connectivity index (χ0v) is 40.0. The third kappa shape index (κ3) is 8.39. The Morgan fingerprint density at radius 3 is 1.33 bits per heavy atom. The SMILES string of the molecule is c1ccc(-c2ccc(-c3ccc(N(c4cccc(-c5cccc(N(c6ccccc6-c6ccccc6)c6cccc7oc8ccccc8c67)c5)c4)c4cccc(-c5ccc6ccccc6c5)c4)cc3)cc2)cc1. The average molecular weight is 933 g/mol. The van der Waals surface area contributed by atoms with E-state index < -0.39 is 0 Å². The van der Waals surface area contributed by atoms with Gasteiger partial charge in [-0.2, -0.15) is 0 Å². The first kappa shape index (κ1) is 43.3. The van der Waals surface area contributed by atoms with Crippen LogP contribution in [0, 0.1) is 0 Å². The molecule has 0 amide bonds. The molecule has 0 bridgehead atoms. The molecule has 0 aliphatic carbocycles. The fourth-order valence-electron chi connectivity index (χ4n) is 10.5. The monoisotopic (exact) mass is 932 g/mol. The Labute approximate surface area is 425 Å². The number of furan rings is 1. The van der Waals surface area contributed by atoms with E-state index in [0.29, 0.717) is 0 Å². The second-order valence-corrected chi connectivity index (χ2v) is 18.5. The second-order valence-electron chi connectivity index (χ2n) is 18.5. The van der Waals surface area contributed by atoms with E-state index in [4.69, 9.17) is 4.42 Å². The standard InChI is InChI=1S/C70H48N2O/c1-3-17-49(18-4-1)51-35-37-52(38-36-51)53-41-43-60(44-42-53)71(62-27-14-25-58(47-62)59-40-39-50-19-7-8-22-55(50)45-59)61-26-13-23-56(46-61)57-24-15-28-63(48-57)72(66-31-11-9-29-64(66)54-20-5-2-6-21-54)67-32-16-34-69-70(67)65-30-10-12-33-68(65)73-69/h1-48H. The van der Waals surface area contributed by atoms with Crippen LogP contribution in [-0.2, 0) is 0 Å². The molecule has 3 nitrogen and oxygen atoms in total. The van der Waals surface area contributed by atoms with Crippen LogP contribution in [0.2, 0.25) is 0 Å². The van der Waals surface area contributed by atoms with Crippen molar-refractivity contribution < 1.29 is 4.42 Å². The highest BCUT2D eigenvalue weighted by Crippen LogP contribution is 2.47. The lowest BCUT2D eigenvalue weighted by Crippen LogP contribution is -2.12. The number of fused-ring (bicyclic) bond motifs is 4. The van der Waals surface area contributed by atoms with Gasteiger partial charge in [-0.25, -0.2) is 0 Å². The Morgan fingerprint density at radius 2 is 0.671 bits per heavy atom. The third-order valence-electron chi connectivity index (χ3n) is 14.0. The van der Waals surface area contributed by atoms with Gasteiger partial charge in [0.15, 0.2) is 0 Å². The Hall–Kier alpha value is -9.70. The fourth-order valence-corrected chi connectivity index (χ4v) is 10.5. The predicted molar refractivity (Wildman–Crippen MR) is 308 cm³/mol. The molecule has 0 spiro atoms. The van der Waals surface area contributed by atoms with Crippen molar-refractivity contribution in [1.29, 1.82) is 0 Å². The zero-order chi connectivity index (χ0) is 48.5. The van der Waals surface area contributed by atoms with E-state index in [1.807, 2.05) is 6.07 Å². The Morgan fingerprint density at radius 1 is 0.233 bits per heavy atom. The van der Waals surface area contributed by atoms with Crippen molar-refractivity contribution in [2.24, 2.45) is 0 Å². The van der Waals surface area contributed by atoms with Gasteiger partial charge in [0.25, 0.3) is 0 Å². The molecule has 0 aliphatic heterocycles. The second kappa shape index (κ2) is 18.9. The molecule has 0 fully saturated rings. The van der Waals surface area contributed by atoms with E-state index in [0.717, 1.165) is 89.4 Å². The van der Waals surface area contributed by atoms with Crippen LogP contribution >= 0.6 is 0 Å². The molecule has 0 aliphatic rings. The van der Waals surface area contributed by atoms with E-state index in [9.17, 15) is 0 Å². The van der Waals surface area contributed by atoms with Gasteiger partial charge in [-0.3, -0.25) is 0 Å². The largest absolute Gasteiger partial charge is 0.456 e.